The number of urea groups is 1. The van der Waals surface area contributed by atoms with Crippen LogP contribution in [0.15, 0.2) is 24.3 Å². The van der Waals surface area contributed by atoms with Crippen LogP contribution in [0, 0.1) is 5.82 Å². The molecule has 2 N–H and O–H groups in total. The fourth-order valence-corrected chi connectivity index (χ4v) is 2.69. The van der Waals surface area contributed by atoms with E-state index in [1.807, 2.05) is 0 Å². The first-order valence-corrected chi connectivity index (χ1v) is 7.21. The summed E-state index contributed by atoms with van der Waals surface area (Å²) < 4.78 is 12.9. The maximum atomic E-state index is 12.9. The highest BCUT2D eigenvalue weighted by Crippen LogP contribution is 2.40. The Bertz CT molecular complexity index is 546. The minimum absolute atomic E-state index is 0.0933. The van der Waals surface area contributed by atoms with E-state index in [0.717, 1.165) is 18.4 Å². The van der Waals surface area contributed by atoms with Crippen LogP contribution in [0.5, 0.6) is 0 Å². The van der Waals surface area contributed by atoms with Crippen molar-refractivity contribution < 1.29 is 14.0 Å². The molecule has 3 rings (SSSR count). The summed E-state index contributed by atoms with van der Waals surface area (Å²) >= 11 is 0. The van der Waals surface area contributed by atoms with Gasteiger partial charge in [-0.25, -0.2) is 9.18 Å². The van der Waals surface area contributed by atoms with E-state index in [4.69, 9.17) is 0 Å². The number of nitrogens with one attached hydrogen (secondary N) is 2. The molecule has 0 aromatic heterocycles. The third kappa shape index (κ3) is 3.32. The number of nitrogens with zero attached hydrogens (tertiary/aromatic N) is 1. The Balaban J connectivity index is 1.48. The second kappa shape index (κ2) is 5.71. The van der Waals surface area contributed by atoms with E-state index in [1.165, 1.54) is 17.0 Å². The van der Waals surface area contributed by atoms with E-state index < -0.39 is 0 Å². The molecule has 1 aliphatic carbocycles. The molecule has 21 heavy (non-hydrogen) atoms. The Labute approximate surface area is 122 Å². The Morgan fingerprint density at radius 1 is 1.38 bits per heavy atom. The number of benzene rings is 1. The molecule has 2 atom stereocenters. The van der Waals surface area contributed by atoms with Crippen LogP contribution < -0.4 is 10.6 Å². The van der Waals surface area contributed by atoms with Crippen molar-refractivity contribution in [3.05, 3.63) is 35.6 Å². The van der Waals surface area contributed by atoms with Gasteiger partial charge in [0.05, 0.1) is 0 Å². The highest BCUT2D eigenvalue weighted by atomic mass is 19.1. The maximum Gasteiger partial charge on any atom is 0.317 e. The number of rotatable bonds is 4. The molecule has 1 saturated carbocycles. The lowest BCUT2D eigenvalue weighted by molar-refractivity contribution is -0.121. The van der Waals surface area contributed by atoms with Gasteiger partial charge in [-0.05, 0) is 30.5 Å². The molecule has 1 aromatic carbocycles. The summed E-state index contributed by atoms with van der Waals surface area (Å²) in [5.74, 6) is -0.137. The van der Waals surface area contributed by atoms with Crippen molar-refractivity contribution in [3.8, 4) is 0 Å². The number of carbonyl (C=O) groups is 2. The molecular formula is C15H18FN3O2. The average molecular weight is 291 g/mol. The van der Waals surface area contributed by atoms with Gasteiger partial charge in [-0.3, -0.25) is 4.79 Å². The van der Waals surface area contributed by atoms with Gasteiger partial charge in [-0.1, -0.05) is 12.1 Å². The first-order valence-electron chi connectivity index (χ1n) is 7.21. The lowest BCUT2D eigenvalue weighted by Gasteiger charge is -2.26. The number of halogens is 1. The van der Waals surface area contributed by atoms with Crippen molar-refractivity contribution in [2.24, 2.45) is 0 Å². The molecule has 1 aliphatic heterocycles. The van der Waals surface area contributed by atoms with E-state index in [-0.39, 0.29) is 36.3 Å². The summed E-state index contributed by atoms with van der Waals surface area (Å²) in [4.78, 5) is 25.0. The number of amides is 3. The van der Waals surface area contributed by atoms with Crippen LogP contribution in [0.25, 0.3) is 0 Å². The first-order chi connectivity index (χ1) is 10.1. The molecule has 1 aromatic rings. The summed E-state index contributed by atoms with van der Waals surface area (Å²) in [7, 11) is 0. The van der Waals surface area contributed by atoms with Crippen molar-refractivity contribution in [1.82, 2.24) is 15.5 Å². The van der Waals surface area contributed by atoms with Crippen LogP contribution >= 0.6 is 0 Å². The van der Waals surface area contributed by atoms with Crippen molar-refractivity contribution in [3.63, 3.8) is 0 Å². The van der Waals surface area contributed by atoms with Crippen molar-refractivity contribution in [2.75, 3.05) is 19.6 Å². The van der Waals surface area contributed by atoms with Gasteiger partial charge in [0, 0.05) is 25.0 Å². The zero-order chi connectivity index (χ0) is 14.8. The van der Waals surface area contributed by atoms with Gasteiger partial charge < -0.3 is 15.5 Å². The summed E-state index contributed by atoms with van der Waals surface area (Å²) in [5.41, 5.74) is 1.04. The van der Waals surface area contributed by atoms with Crippen LogP contribution in [0.4, 0.5) is 9.18 Å². The SMILES string of the molecule is O=C(CN1CCCNC1=O)N[C@H]1C[C@H]1c1ccc(F)cc1. The molecule has 0 radical (unpaired) electrons. The Hall–Kier alpha value is -2.11. The number of carbonyl (C=O) groups excluding carboxylic acids is 2. The van der Waals surface area contributed by atoms with Crippen LogP contribution in [-0.2, 0) is 4.79 Å². The van der Waals surface area contributed by atoms with Crippen LogP contribution in [0.2, 0.25) is 0 Å². The first kappa shape index (κ1) is 13.9. The van der Waals surface area contributed by atoms with Crippen molar-refractivity contribution in [1.29, 1.82) is 0 Å². The predicted molar refractivity (Wildman–Crippen MR) is 75.3 cm³/mol. The molecule has 1 saturated heterocycles. The molecule has 112 valence electrons. The molecule has 0 unspecified atom stereocenters. The van der Waals surface area contributed by atoms with E-state index in [0.29, 0.717) is 13.1 Å². The average Bonchev–Trinajstić information content (AvgIpc) is 3.21. The predicted octanol–water partition coefficient (Wildman–Crippen LogP) is 1.21. The van der Waals surface area contributed by atoms with Crippen molar-refractivity contribution >= 4 is 11.9 Å². The molecule has 2 aliphatic rings. The lowest BCUT2D eigenvalue weighted by atomic mass is 10.1. The zero-order valence-corrected chi connectivity index (χ0v) is 11.6. The Kier molecular flexibility index (Phi) is 3.77. The molecule has 6 heteroatoms. The number of hydrogen-bond acceptors (Lipinski definition) is 2. The lowest BCUT2D eigenvalue weighted by Crippen LogP contribution is -2.50. The standard InChI is InChI=1S/C15H18FN3O2/c16-11-4-2-10(3-5-11)12-8-13(12)18-14(20)9-19-7-1-6-17-15(19)21/h2-5,12-13H,1,6-9H2,(H,17,21)(H,18,20)/t12-,13-/m0/s1. The van der Waals surface area contributed by atoms with Crippen LogP contribution in [0.1, 0.15) is 24.3 Å². The van der Waals surface area contributed by atoms with Gasteiger partial charge in [-0.15, -0.1) is 0 Å². The van der Waals surface area contributed by atoms with Gasteiger partial charge in [0.25, 0.3) is 0 Å². The highest BCUT2D eigenvalue weighted by Gasteiger charge is 2.39. The third-order valence-electron chi connectivity index (χ3n) is 3.94. The normalized spacial score (nSPS) is 24.4. The van der Waals surface area contributed by atoms with Gasteiger partial charge in [0.2, 0.25) is 5.91 Å². The minimum Gasteiger partial charge on any atom is -0.351 e. The maximum absolute atomic E-state index is 12.9. The van der Waals surface area contributed by atoms with Gasteiger partial charge in [0.15, 0.2) is 0 Å². The quantitative estimate of drug-likeness (QED) is 0.876. The largest absolute Gasteiger partial charge is 0.351 e. The molecule has 2 fully saturated rings. The molecule has 5 nitrogen and oxygen atoms in total. The van der Waals surface area contributed by atoms with E-state index >= 15 is 0 Å². The summed E-state index contributed by atoms with van der Waals surface area (Å²) in [5, 5.41) is 5.65. The Morgan fingerprint density at radius 3 is 2.86 bits per heavy atom. The smallest absolute Gasteiger partial charge is 0.317 e. The van der Waals surface area contributed by atoms with Gasteiger partial charge in [-0.2, -0.15) is 0 Å². The van der Waals surface area contributed by atoms with Gasteiger partial charge >= 0.3 is 6.03 Å². The monoisotopic (exact) mass is 291 g/mol. The second-order valence-electron chi connectivity index (χ2n) is 5.57. The minimum atomic E-state index is -0.254. The fourth-order valence-electron chi connectivity index (χ4n) is 2.69. The third-order valence-corrected chi connectivity index (χ3v) is 3.94. The Morgan fingerprint density at radius 2 is 2.14 bits per heavy atom. The van der Waals surface area contributed by atoms with Crippen molar-refractivity contribution in [2.45, 2.75) is 24.8 Å². The fraction of sp³-hybridized carbons (Fsp3) is 0.467. The van der Waals surface area contributed by atoms with E-state index in [9.17, 15) is 14.0 Å². The molecule has 0 bridgehead atoms. The van der Waals surface area contributed by atoms with E-state index in [1.54, 1.807) is 12.1 Å². The zero-order valence-electron chi connectivity index (χ0n) is 11.6. The van der Waals surface area contributed by atoms with E-state index in [2.05, 4.69) is 10.6 Å². The summed E-state index contributed by atoms with van der Waals surface area (Å²) in [6.45, 7) is 1.38. The van der Waals surface area contributed by atoms with Crippen LogP contribution in [-0.4, -0.2) is 42.5 Å². The van der Waals surface area contributed by atoms with Gasteiger partial charge in [0.1, 0.15) is 12.4 Å². The second-order valence-corrected chi connectivity index (χ2v) is 5.57. The topological polar surface area (TPSA) is 61.4 Å². The summed E-state index contributed by atoms with van der Waals surface area (Å²) in [6, 6.07) is 6.29. The highest BCUT2D eigenvalue weighted by molar-refractivity contribution is 5.84. The van der Waals surface area contributed by atoms with Crippen LogP contribution in [0.3, 0.4) is 0 Å². The summed E-state index contributed by atoms with van der Waals surface area (Å²) in [6.07, 6.45) is 1.73. The number of hydrogen-bond donors (Lipinski definition) is 2. The molecule has 1 heterocycles. The molecule has 0 spiro atoms. The molecular weight excluding hydrogens is 273 g/mol. The molecule has 3 amide bonds.